The molecule has 0 spiro atoms. The van der Waals surface area contributed by atoms with E-state index >= 15 is 0 Å². The number of benzene rings is 1. The van der Waals surface area contributed by atoms with Gasteiger partial charge in [-0.2, -0.15) is 0 Å². The van der Waals surface area contributed by atoms with Crippen molar-refractivity contribution in [3.63, 3.8) is 0 Å². The molecule has 3 nitrogen and oxygen atoms in total. The lowest BCUT2D eigenvalue weighted by Gasteiger charge is -2.13. The molecule has 0 aliphatic carbocycles. The van der Waals surface area contributed by atoms with E-state index in [1.54, 1.807) is 24.5 Å². The molecule has 98 valence electrons. The summed E-state index contributed by atoms with van der Waals surface area (Å²) < 4.78 is 13.7. The molecule has 1 aromatic carbocycles. The number of nitrogens with zero attached hydrogens (tertiary/aromatic N) is 1. The van der Waals surface area contributed by atoms with Gasteiger partial charge >= 0.3 is 5.97 Å². The van der Waals surface area contributed by atoms with Crippen LogP contribution in [-0.4, -0.2) is 16.1 Å². The summed E-state index contributed by atoms with van der Waals surface area (Å²) in [5.74, 6) is -2.42. The summed E-state index contributed by atoms with van der Waals surface area (Å²) in [4.78, 5) is 15.4. The first-order valence-electron chi connectivity index (χ1n) is 5.95. The first-order chi connectivity index (χ1) is 9.08. The van der Waals surface area contributed by atoms with Crippen LogP contribution in [0, 0.1) is 12.7 Å². The van der Waals surface area contributed by atoms with Gasteiger partial charge in [0.25, 0.3) is 0 Å². The highest BCUT2D eigenvalue weighted by molar-refractivity contribution is 5.76. The van der Waals surface area contributed by atoms with Crippen LogP contribution in [0.5, 0.6) is 0 Å². The summed E-state index contributed by atoms with van der Waals surface area (Å²) in [5, 5.41) is 9.29. The van der Waals surface area contributed by atoms with E-state index < -0.39 is 17.7 Å². The van der Waals surface area contributed by atoms with Gasteiger partial charge in [0, 0.05) is 18.0 Å². The zero-order chi connectivity index (χ0) is 13.8. The summed E-state index contributed by atoms with van der Waals surface area (Å²) in [5.41, 5.74) is 1.95. The molecule has 1 atom stereocenters. The number of aliphatic carboxylic acids is 1. The fraction of sp³-hybridized carbons (Fsp3) is 0.200. The lowest BCUT2D eigenvalue weighted by atomic mass is 9.92. The predicted molar refractivity (Wildman–Crippen MR) is 69.5 cm³/mol. The van der Waals surface area contributed by atoms with Crippen LogP contribution in [0.25, 0.3) is 0 Å². The maximum atomic E-state index is 13.7. The second-order valence-electron chi connectivity index (χ2n) is 4.49. The van der Waals surface area contributed by atoms with Crippen LogP contribution in [-0.2, 0) is 11.2 Å². The highest BCUT2D eigenvalue weighted by Crippen LogP contribution is 2.23. The number of aryl methyl sites for hydroxylation is 1. The molecule has 2 rings (SSSR count). The van der Waals surface area contributed by atoms with Crippen LogP contribution in [0.1, 0.15) is 22.6 Å². The van der Waals surface area contributed by atoms with E-state index in [9.17, 15) is 14.3 Å². The third-order valence-electron chi connectivity index (χ3n) is 2.95. The van der Waals surface area contributed by atoms with E-state index in [2.05, 4.69) is 4.98 Å². The molecule has 1 heterocycles. The average molecular weight is 259 g/mol. The fourth-order valence-electron chi connectivity index (χ4n) is 2.05. The van der Waals surface area contributed by atoms with Crippen molar-refractivity contribution in [2.45, 2.75) is 19.3 Å². The quantitative estimate of drug-likeness (QED) is 0.918. The number of hydrogen-bond acceptors (Lipinski definition) is 2. The SMILES string of the molecule is Cc1cncc(CC(C(=O)O)c2ccccc2F)c1. The van der Waals surface area contributed by atoms with Gasteiger partial charge in [0.05, 0.1) is 5.92 Å². The maximum Gasteiger partial charge on any atom is 0.311 e. The Morgan fingerprint density at radius 3 is 2.74 bits per heavy atom. The van der Waals surface area contributed by atoms with E-state index in [0.717, 1.165) is 11.1 Å². The lowest BCUT2D eigenvalue weighted by Crippen LogP contribution is -2.16. The molecule has 0 fully saturated rings. The Morgan fingerprint density at radius 1 is 1.37 bits per heavy atom. The maximum absolute atomic E-state index is 13.7. The monoisotopic (exact) mass is 259 g/mol. The number of halogens is 1. The van der Waals surface area contributed by atoms with Gasteiger partial charge in [-0.25, -0.2) is 4.39 Å². The second-order valence-corrected chi connectivity index (χ2v) is 4.49. The minimum absolute atomic E-state index is 0.205. The summed E-state index contributed by atoms with van der Waals surface area (Å²) in [6.45, 7) is 1.88. The first-order valence-corrected chi connectivity index (χ1v) is 5.95. The van der Waals surface area contributed by atoms with Gasteiger partial charge in [0.2, 0.25) is 0 Å². The van der Waals surface area contributed by atoms with Crippen molar-refractivity contribution >= 4 is 5.97 Å². The molecule has 0 aliphatic rings. The molecular formula is C15H14FNO2. The molecule has 0 saturated carbocycles. The Hall–Kier alpha value is -2.23. The van der Waals surface area contributed by atoms with Gasteiger partial charge in [0.15, 0.2) is 0 Å². The highest BCUT2D eigenvalue weighted by atomic mass is 19.1. The van der Waals surface area contributed by atoms with E-state index in [-0.39, 0.29) is 12.0 Å². The number of carbonyl (C=O) groups is 1. The fourth-order valence-corrected chi connectivity index (χ4v) is 2.05. The largest absolute Gasteiger partial charge is 0.481 e. The van der Waals surface area contributed by atoms with E-state index in [1.807, 2.05) is 13.0 Å². The highest BCUT2D eigenvalue weighted by Gasteiger charge is 2.23. The van der Waals surface area contributed by atoms with Crippen molar-refractivity contribution in [3.05, 3.63) is 65.2 Å². The second kappa shape index (κ2) is 5.61. The summed E-state index contributed by atoms with van der Waals surface area (Å²) in [6, 6.07) is 7.84. The molecule has 4 heteroatoms. The zero-order valence-corrected chi connectivity index (χ0v) is 10.5. The molecule has 1 N–H and O–H groups in total. The van der Waals surface area contributed by atoms with Crippen molar-refractivity contribution < 1.29 is 14.3 Å². The molecule has 19 heavy (non-hydrogen) atoms. The first kappa shape index (κ1) is 13.2. The Balaban J connectivity index is 2.32. The van der Waals surface area contributed by atoms with Gasteiger partial charge in [-0.3, -0.25) is 9.78 Å². The van der Waals surface area contributed by atoms with Crippen LogP contribution in [0.15, 0.2) is 42.7 Å². The van der Waals surface area contributed by atoms with E-state index in [0.29, 0.717) is 0 Å². The Bertz CT molecular complexity index is 598. The van der Waals surface area contributed by atoms with Crippen LogP contribution < -0.4 is 0 Å². The van der Waals surface area contributed by atoms with Crippen LogP contribution in [0.4, 0.5) is 4.39 Å². The Labute approximate surface area is 110 Å². The zero-order valence-electron chi connectivity index (χ0n) is 10.5. The molecular weight excluding hydrogens is 245 g/mol. The number of carboxylic acids is 1. The van der Waals surface area contributed by atoms with Crippen molar-refractivity contribution in [1.82, 2.24) is 4.98 Å². The third-order valence-corrected chi connectivity index (χ3v) is 2.95. The molecule has 0 aliphatic heterocycles. The number of rotatable bonds is 4. The summed E-state index contributed by atoms with van der Waals surface area (Å²) in [7, 11) is 0. The minimum Gasteiger partial charge on any atom is -0.481 e. The van der Waals surface area contributed by atoms with Gasteiger partial charge in [-0.05, 0) is 30.5 Å². The van der Waals surface area contributed by atoms with Gasteiger partial charge in [-0.15, -0.1) is 0 Å². The number of pyridine rings is 1. The third kappa shape index (κ3) is 3.16. The van der Waals surface area contributed by atoms with Crippen LogP contribution >= 0.6 is 0 Å². The molecule has 0 amide bonds. The van der Waals surface area contributed by atoms with Crippen molar-refractivity contribution in [1.29, 1.82) is 0 Å². The molecule has 0 saturated heterocycles. The summed E-state index contributed by atoms with van der Waals surface area (Å²) in [6.07, 6.45) is 3.54. The standard InChI is InChI=1S/C15H14FNO2/c1-10-6-11(9-17-8-10)7-13(15(18)19)12-4-2-3-5-14(12)16/h2-6,8-9,13H,7H2,1H3,(H,18,19). The molecule has 1 aromatic heterocycles. The van der Waals surface area contributed by atoms with E-state index in [4.69, 9.17) is 0 Å². The smallest absolute Gasteiger partial charge is 0.311 e. The van der Waals surface area contributed by atoms with Crippen LogP contribution in [0.2, 0.25) is 0 Å². The normalized spacial score (nSPS) is 12.1. The molecule has 0 bridgehead atoms. The average Bonchev–Trinajstić information content (AvgIpc) is 2.37. The Kier molecular flexibility index (Phi) is 3.90. The number of carboxylic acid groups (broad SMARTS) is 1. The summed E-state index contributed by atoms with van der Waals surface area (Å²) >= 11 is 0. The van der Waals surface area contributed by atoms with Gasteiger partial charge in [0.1, 0.15) is 5.82 Å². The molecule has 2 aromatic rings. The minimum atomic E-state index is -1.04. The van der Waals surface area contributed by atoms with E-state index in [1.165, 1.54) is 12.1 Å². The molecule has 0 radical (unpaired) electrons. The lowest BCUT2D eigenvalue weighted by molar-refractivity contribution is -0.138. The topological polar surface area (TPSA) is 50.2 Å². The Morgan fingerprint density at radius 2 is 2.11 bits per heavy atom. The van der Waals surface area contributed by atoms with Gasteiger partial charge < -0.3 is 5.11 Å². The van der Waals surface area contributed by atoms with Crippen molar-refractivity contribution in [2.24, 2.45) is 0 Å². The number of hydrogen-bond donors (Lipinski definition) is 1. The van der Waals surface area contributed by atoms with Gasteiger partial charge in [-0.1, -0.05) is 24.3 Å². The van der Waals surface area contributed by atoms with Crippen molar-refractivity contribution in [3.8, 4) is 0 Å². The number of aromatic nitrogens is 1. The van der Waals surface area contributed by atoms with Crippen LogP contribution in [0.3, 0.4) is 0 Å². The van der Waals surface area contributed by atoms with Crippen molar-refractivity contribution in [2.75, 3.05) is 0 Å². The molecule has 1 unspecified atom stereocenters. The predicted octanol–water partition coefficient (Wildman–Crippen LogP) is 2.94.